The SMILES string of the molecule is CCc1ccc(C(=O)N(CC)CC)cc1. The topological polar surface area (TPSA) is 20.3 Å². The first-order valence-corrected chi connectivity index (χ1v) is 5.61. The fourth-order valence-corrected chi connectivity index (χ4v) is 1.58. The summed E-state index contributed by atoms with van der Waals surface area (Å²) in [5.41, 5.74) is 2.06. The van der Waals surface area contributed by atoms with Crippen molar-refractivity contribution in [3.8, 4) is 0 Å². The maximum atomic E-state index is 11.9. The number of nitrogens with zero attached hydrogens (tertiary/aromatic N) is 1. The summed E-state index contributed by atoms with van der Waals surface area (Å²) in [6.45, 7) is 7.65. The molecule has 0 fully saturated rings. The molecule has 1 amide bonds. The number of aryl methyl sites for hydroxylation is 1. The molecule has 0 bridgehead atoms. The van der Waals surface area contributed by atoms with E-state index in [9.17, 15) is 4.79 Å². The van der Waals surface area contributed by atoms with Crippen molar-refractivity contribution in [2.24, 2.45) is 0 Å². The average molecular weight is 205 g/mol. The number of amides is 1. The lowest BCUT2D eigenvalue weighted by Gasteiger charge is -2.18. The Hall–Kier alpha value is -1.31. The minimum atomic E-state index is 0.127. The normalized spacial score (nSPS) is 10.1. The van der Waals surface area contributed by atoms with Gasteiger partial charge in [-0.25, -0.2) is 0 Å². The first-order chi connectivity index (χ1) is 7.22. The molecule has 0 N–H and O–H groups in total. The smallest absolute Gasteiger partial charge is 0.253 e. The van der Waals surface area contributed by atoms with Gasteiger partial charge >= 0.3 is 0 Å². The number of hydrogen-bond donors (Lipinski definition) is 0. The van der Waals surface area contributed by atoms with Gasteiger partial charge in [0.2, 0.25) is 0 Å². The van der Waals surface area contributed by atoms with Gasteiger partial charge in [-0.15, -0.1) is 0 Å². The van der Waals surface area contributed by atoms with E-state index >= 15 is 0 Å². The summed E-state index contributed by atoms with van der Waals surface area (Å²) >= 11 is 0. The Labute approximate surface area is 91.9 Å². The Morgan fingerprint density at radius 2 is 1.60 bits per heavy atom. The molecule has 0 aliphatic heterocycles. The minimum Gasteiger partial charge on any atom is -0.339 e. The van der Waals surface area contributed by atoms with Gasteiger partial charge in [0, 0.05) is 18.7 Å². The van der Waals surface area contributed by atoms with Crippen LogP contribution < -0.4 is 0 Å². The van der Waals surface area contributed by atoms with E-state index in [2.05, 4.69) is 6.92 Å². The van der Waals surface area contributed by atoms with E-state index in [-0.39, 0.29) is 5.91 Å². The molecule has 0 unspecified atom stereocenters. The molecule has 2 heteroatoms. The van der Waals surface area contributed by atoms with Crippen LogP contribution in [0, 0.1) is 0 Å². The van der Waals surface area contributed by atoms with E-state index in [0.717, 1.165) is 25.1 Å². The second-order valence-electron chi connectivity index (χ2n) is 3.53. The van der Waals surface area contributed by atoms with Gasteiger partial charge in [0.1, 0.15) is 0 Å². The Morgan fingerprint density at radius 1 is 1.07 bits per heavy atom. The third-order valence-electron chi connectivity index (χ3n) is 2.66. The van der Waals surface area contributed by atoms with Gasteiger partial charge in [0.25, 0.3) is 5.91 Å². The average Bonchev–Trinajstić information content (AvgIpc) is 2.30. The molecule has 0 heterocycles. The highest BCUT2D eigenvalue weighted by molar-refractivity contribution is 5.94. The molecule has 0 radical (unpaired) electrons. The summed E-state index contributed by atoms with van der Waals surface area (Å²) in [4.78, 5) is 13.8. The molecule has 0 aliphatic carbocycles. The van der Waals surface area contributed by atoms with Crippen molar-refractivity contribution < 1.29 is 4.79 Å². The van der Waals surface area contributed by atoms with Crippen LogP contribution in [0.5, 0.6) is 0 Å². The highest BCUT2D eigenvalue weighted by atomic mass is 16.2. The van der Waals surface area contributed by atoms with Crippen LogP contribution in [0.3, 0.4) is 0 Å². The lowest BCUT2D eigenvalue weighted by Crippen LogP contribution is -2.30. The minimum absolute atomic E-state index is 0.127. The van der Waals surface area contributed by atoms with Gasteiger partial charge in [-0.2, -0.15) is 0 Å². The summed E-state index contributed by atoms with van der Waals surface area (Å²) in [7, 11) is 0. The van der Waals surface area contributed by atoms with Crippen molar-refractivity contribution in [1.82, 2.24) is 4.90 Å². The van der Waals surface area contributed by atoms with E-state index in [1.807, 2.05) is 43.0 Å². The van der Waals surface area contributed by atoms with Gasteiger partial charge in [-0.05, 0) is 38.0 Å². The van der Waals surface area contributed by atoms with Gasteiger partial charge in [-0.3, -0.25) is 4.79 Å². The number of hydrogen-bond acceptors (Lipinski definition) is 1. The van der Waals surface area contributed by atoms with E-state index in [1.54, 1.807) is 0 Å². The molecule has 1 rings (SSSR count). The number of rotatable bonds is 4. The van der Waals surface area contributed by atoms with Crippen LogP contribution in [-0.4, -0.2) is 23.9 Å². The first-order valence-electron chi connectivity index (χ1n) is 5.61. The van der Waals surface area contributed by atoms with Crippen LogP contribution in [0.25, 0.3) is 0 Å². The van der Waals surface area contributed by atoms with E-state index in [1.165, 1.54) is 5.56 Å². The van der Waals surface area contributed by atoms with Crippen LogP contribution >= 0.6 is 0 Å². The molecule has 0 aliphatic rings. The summed E-state index contributed by atoms with van der Waals surface area (Å²) in [6.07, 6.45) is 1.01. The van der Waals surface area contributed by atoms with Crippen molar-refractivity contribution >= 4 is 5.91 Å². The molecule has 2 nitrogen and oxygen atoms in total. The summed E-state index contributed by atoms with van der Waals surface area (Å²) < 4.78 is 0. The van der Waals surface area contributed by atoms with Crippen molar-refractivity contribution in [1.29, 1.82) is 0 Å². The second-order valence-corrected chi connectivity index (χ2v) is 3.53. The van der Waals surface area contributed by atoms with Gasteiger partial charge in [0.15, 0.2) is 0 Å². The van der Waals surface area contributed by atoms with Crippen LogP contribution in [0.2, 0.25) is 0 Å². The maximum Gasteiger partial charge on any atom is 0.253 e. The quantitative estimate of drug-likeness (QED) is 0.740. The van der Waals surface area contributed by atoms with Gasteiger partial charge < -0.3 is 4.90 Å². The largest absolute Gasteiger partial charge is 0.339 e. The molecule has 1 aromatic carbocycles. The zero-order valence-electron chi connectivity index (χ0n) is 9.79. The summed E-state index contributed by atoms with van der Waals surface area (Å²) in [5.74, 6) is 0.127. The zero-order valence-corrected chi connectivity index (χ0v) is 9.79. The molecule has 0 atom stereocenters. The van der Waals surface area contributed by atoms with Crippen molar-refractivity contribution in [2.75, 3.05) is 13.1 Å². The first kappa shape index (κ1) is 11.8. The lowest BCUT2D eigenvalue weighted by atomic mass is 10.1. The highest BCUT2D eigenvalue weighted by Crippen LogP contribution is 2.08. The van der Waals surface area contributed by atoms with E-state index < -0.39 is 0 Å². The van der Waals surface area contributed by atoms with Gasteiger partial charge in [0.05, 0.1) is 0 Å². The van der Waals surface area contributed by atoms with Crippen molar-refractivity contribution in [3.05, 3.63) is 35.4 Å². The Balaban J connectivity index is 2.82. The second kappa shape index (κ2) is 5.54. The van der Waals surface area contributed by atoms with Crippen LogP contribution in [0.4, 0.5) is 0 Å². The Morgan fingerprint density at radius 3 is 2.00 bits per heavy atom. The van der Waals surface area contributed by atoms with Gasteiger partial charge in [-0.1, -0.05) is 19.1 Å². The summed E-state index contributed by atoms with van der Waals surface area (Å²) in [5, 5.41) is 0. The fourth-order valence-electron chi connectivity index (χ4n) is 1.58. The predicted molar refractivity (Wildman–Crippen MR) is 63.1 cm³/mol. The van der Waals surface area contributed by atoms with E-state index in [0.29, 0.717) is 0 Å². The fraction of sp³-hybridized carbons (Fsp3) is 0.462. The standard InChI is InChI=1S/C13H19NO/c1-4-11-7-9-12(10-8-11)13(15)14(5-2)6-3/h7-10H,4-6H2,1-3H3. The number of carbonyl (C=O) groups excluding carboxylic acids is 1. The molecule has 15 heavy (non-hydrogen) atoms. The molecule has 0 saturated carbocycles. The lowest BCUT2D eigenvalue weighted by molar-refractivity contribution is 0.0773. The maximum absolute atomic E-state index is 11.9. The van der Waals surface area contributed by atoms with Crippen LogP contribution in [0.1, 0.15) is 36.7 Å². The molecule has 82 valence electrons. The molecular formula is C13H19NO. The zero-order chi connectivity index (χ0) is 11.3. The van der Waals surface area contributed by atoms with E-state index in [4.69, 9.17) is 0 Å². The highest BCUT2D eigenvalue weighted by Gasteiger charge is 2.11. The Kier molecular flexibility index (Phi) is 4.35. The molecule has 0 aromatic heterocycles. The molecule has 0 saturated heterocycles. The summed E-state index contributed by atoms with van der Waals surface area (Å²) in [6, 6.07) is 7.88. The third kappa shape index (κ3) is 2.82. The number of benzene rings is 1. The Bertz CT molecular complexity index is 312. The molecular weight excluding hydrogens is 186 g/mol. The molecule has 0 spiro atoms. The third-order valence-corrected chi connectivity index (χ3v) is 2.66. The molecule has 1 aromatic rings. The van der Waals surface area contributed by atoms with Crippen molar-refractivity contribution in [3.63, 3.8) is 0 Å². The number of carbonyl (C=O) groups is 1. The van der Waals surface area contributed by atoms with Crippen molar-refractivity contribution in [2.45, 2.75) is 27.2 Å². The monoisotopic (exact) mass is 205 g/mol. The predicted octanol–water partition coefficient (Wildman–Crippen LogP) is 2.73. The van der Waals surface area contributed by atoms with Crippen LogP contribution in [0.15, 0.2) is 24.3 Å². The van der Waals surface area contributed by atoms with Crippen LogP contribution in [-0.2, 0) is 6.42 Å².